The third kappa shape index (κ3) is 4.37. The van der Waals surface area contributed by atoms with Crippen molar-refractivity contribution < 1.29 is 0 Å². The second-order valence-electron chi connectivity index (χ2n) is 4.72. The third-order valence-corrected chi connectivity index (χ3v) is 4.11. The average Bonchev–Trinajstić information content (AvgIpc) is 2.17. The standard InChI is InChI=1S/C11H23NS/c1-4-11(2,3)5-6-12-7-9-13-10-8-12/h4-10H2,1-3H3. The number of rotatable bonds is 4. The van der Waals surface area contributed by atoms with Crippen molar-refractivity contribution >= 4 is 11.8 Å². The highest BCUT2D eigenvalue weighted by atomic mass is 32.2. The van der Waals surface area contributed by atoms with E-state index < -0.39 is 0 Å². The second kappa shape index (κ2) is 5.26. The van der Waals surface area contributed by atoms with Crippen molar-refractivity contribution in [3.8, 4) is 0 Å². The molecule has 0 bridgehead atoms. The lowest BCUT2D eigenvalue weighted by atomic mass is 9.86. The summed E-state index contributed by atoms with van der Waals surface area (Å²) in [5, 5.41) is 0. The molecular weight excluding hydrogens is 178 g/mol. The van der Waals surface area contributed by atoms with Crippen molar-refractivity contribution in [2.75, 3.05) is 31.1 Å². The van der Waals surface area contributed by atoms with Crippen LogP contribution in [0.4, 0.5) is 0 Å². The van der Waals surface area contributed by atoms with Gasteiger partial charge in [-0.2, -0.15) is 11.8 Å². The topological polar surface area (TPSA) is 3.24 Å². The van der Waals surface area contributed by atoms with Gasteiger partial charge in [0.25, 0.3) is 0 Å². The van der Waals surface area contributed by atoms with Crippen LogP contribution in [0.2, 0.25) is 0 Å². The summed E-state index contributed by atoms with van der Waals surface area (Å²) in [5.41, 5.74) is 0.546. The highest BCUT2D eigenvalue weighted by Crippen LogP contribution is 2.25. The number of hydrogen-bond donors (Lipinski definition) is 0. The van der Waals surface area contributed by atoms with E-state index in [0.29, 0.717) is 5.41 Å². The monoisotopic (exact) mass is 201 g/mol. The molecule has 1 fully saturated rings. The van der Waals surface area contributed by atoms with Gasteiger partial charge in [0.1, 0.15) is 0 Å². The van der Waals surface area contributed by atoms with Crippen LogP contribution in [0.3, 0.4) is 0 Å². The van der Waals surface area contributed by atoms with Crippen LogP contribution in [0, 0.1) is 5.41 Å². The first-order chi connectivity index (χ1) is 6.14. The number of nitrogens with zero attached hydrogens (tertiary/aromatic N) is 1. The molecule has 1 heterocycles. The zero-order valence-corrected chi connectivity index (χ0v) is 10.1. The van der Waals surface area contributed by atoms with Crippen molar-refractivity contribution in [1.29, 1.82) is 0 Å². The molecular formula is C11H23NS. The fourth-order valence-electron chi connectivity index (χ4n) is 1.46. The molecule has 0 radical (unpaired) electrons. The average molecular weight is 201 g/mol. The molecule has 0 N–H and O–H groups in total. The summed E-state index contributed by atoms with van der Waals surface area (Å²) in [7, 11) is 0. The summed E-state index contributed by atoms with van der Waals surface area (Å²) in [6, 6.07) is 0. The van der Waals surface area contributed by atoms with E-state index in [0.717, 1.165) is 0 Å². The molecule has 1 aliphatic rings. The van der Waals surface area contributed by atoms with E-state index in [1.165, 1.54) is 44.0 Å². The van der Waals surface area contributed by atoms with Crippen molar-refractivity contribution in [2.45, 2.75) is 33.6 Å². The molecule has 0 spiro atoms. The Morgan fingerprint density at radius 1 is 1.23 bits per heavy atom. The fourth-order valence-corrected chi connectivity index (χ4v) is 2.44. The Hall–Kier alpha value is 0.310. The normalized spacial score (nSPS) is 20.5. The Morgan fingerprint density at radius 2 is 1.85 bits per heavy atom. The molecule has 1 aliphatic heterocycles. The first-order valence-corrected chi connectivity index (χ1v) is 6.59. The molecule has 0 aromatic rings. The van der Waals surface area contributed by atoms with Crippen molar-refractivity contribution in [1.82, 2.24) is 4.90 Å². The molecule has 78 valence electrons. The Morgan fingerprint density at radius 3 is 2.38 bits per heavy atom. The number of thioether (sulfide) groups is 1. The van der Waals surface area contributed by atoms with Crippen molar-refractivity contribution in [3.63, 3.8) is 0 Å². The predicted molar refractivity (Wildman–Crippen MR) is 62.5 cm³/mol. The van der Waals surface area contributed by atoms with E-state index in [1.54, 1.807) is 0 Å². The van der Waals surface area contributed by atoms with Gasteiger partial charge in [-0.05, 0) is 18.4 Å². The van der Waals surface area contributed by atoms with Gasteiger partial charge in [0.15, 0.2) is 0 Å². The van der Waals surface area contributed by atoms with Gasteiger partial charge in [0, 0.05) is 24.6 Å². The molecule has 1 saturated heterocycles. The minimum Gasteiger partial charge on any atom is -0.302 e. The molecule has 1 rings (SSSR count). The quantitative estimate of drug-likeness (QED) is 0.688. The van der Waals surface area contributed by atoms with Crippen LogP contribution in [0.15, 0.2) is 0 Å². The molecule has 0 unspecified atom stereocenters. The molecule has 13 heavy (non-hydrogen) atoms. The molecule has 0 aromatic heterocycles. The first kappa shape index (κ1) is 11.4. The minimum atomic E-state index is 0.546. The van der Waals surface area contributed by atoms with Gasteiger partial charge >= 0.3 is 0 Å². The Balaban J connectivity index is 2.17. The number of hydrogen-bond acceptors (Lipinski definition) is 2. The van der Waals surface area contributed by atoms with Gasteiger partial charge in [-0.3, -0.25) is 0 Å². The summed E-state index contributed by atoms with van der Waals surface area (Å²) < 4.78 is 0. The zero-order valence-electron chi connectivity index (χ0n) is 9.31. The lowest BCUT2D eigenvalue weighted by molar-refractivity contribution is 0.227. The van der Waals surface area contributed by atoms with E-state index in [9.17, 15) is 0 Å². The van der Waals surface area contributed by atoms with Gasteiger partial charge in [0.2, 0.25) is 0 Å². The largest absolute Gasteiger partial charge is 0.302 e. The summed E-state index contributed by atoms with van der Waals surface area (Å²) in [6.07, 6.45) is 2.66. The Bertz CT molecular complexity index is 139. The lowest BCUT2D eigenvalue weighted by Crippen LogP contribution is -2.35. The molecule has 2 heteroatoms. The molecule has 0 saturated carbocycles. The van der Waals surface area contributed by atoms with Crippen LogP contribution < -0.4 is 0 Å². The molecule has 1 nitrogen and oxygen atoms in total. The van der Waals surface area contributed by atoms with Gasteiger partial charge in [-0.25, -0.2) is 0 Å². The van der Waals surface area contributed by atoms with E-state index in [-0.39, 0.29) is 0 Å². The van der Waals surface area contributed by atoms with Crippen LogP contribution in [0.5, 0.6) is 0 Å². The Labute approximate surface area is 87.3 Å². The van der Waals surface area contributed by atoms with Crippen LogP contribution in [0.1, 0.15) is 33.6 Å². The maximum atomic E-state index is 2.62. The highest BCUT2D eigenvalue weighted by Gasteiger charge is 2.17. The van der Waals surface area contributed by atoms with Crippen LogP contribution in [0.25, 0.3) is 0 Å². The Kier molecular flexibility index (Phi) is 4.60. The summed E-state index contributed by atoms with van der Waals surface area (Å²) >= 11 is 2.10. The van der Waals surface area contributed by atoms with E-state index in [2.05, 4.69) is 37.4 Å². The summed E-state index contributed by atoms with van der Waals surface area (Å²) in [5.74, 6) is 2.68. The third-order valence-electron chi connectivity index (χ3n) is 3.17. The molecule has 0 atom stereocenters. The second-order valence-corrected chi connectivity index (χ2v) is 5.95. The summed E-state index contributed by atoms with van der Waals surface area (Å²) in [4.78, 5) is 2.62. The molecule has 0 aromatic carbocycles. The van der Waals surface area contributed by atoms with Crippen LogP contribution in [-0.2, 0) is 0 Å². The maximum Gasteiger partial charge on any atom is 0.00727 e. The maximum absolute atomic E-state index is 2.62. The van der Waals surface area contributed by atoms with Crippen LogP contribution >= 0.6 is 11.8 Å². The highest BCUT2D eigenvalue weighted by molar-refractivity contribution is 7.99. The zero-order chi connectivity index (χ0) is 9.73. The van der Waals surface area contributed by atoms with Gasteiger partial charge < -0.3 is 4.90 Å². The van der Waals surface area contributed by atoms with Crippen molar-refractivity contribution in [3.05, 3.63) is 0 Å². The van der Waals surface area contributed by atoms with Gasteiger partial charge in [-0.15, -0.1) is 0 Å². The van der Waals surface area contributed by atoms with Crippen molar-refractivity contribution in [2.24, 2.45) is 5.41 Å². The predicted octanol–water partition coefficient (Wildman–Crippen LogP) is 2.86. The van der Waals surface area contributed by atoms with E-state index in [4.69, 9.17) is 0 Å². The summed E-state index contributed by atoms with van der Waals surface area (Å²) in [6.45, 7) is 11.0. The molecule has 0 aliphatic carbocycles. The lowest BCUT2D eigenvalue weighted by Gasteiger charge is -2.30. The fraction of sp³-hybridized carbons (Fsp3) is 1.00. The molecule has 0 amide bonds. The first-order valence-electron chi connectivity index (χ1n) is 5.44. The van der Waals surface area contributed by atoms with Gasteiger partial charge in [-0.1, -0.05) is 27.2 Å². The van der Waals surface area contributed by atoms with Gasteiger partial charge in [0.05, 0.1) is 0 Å². The van der Waals surface area contributed by atoms with Crippen LogP contribution in [-0.4, -0.2) is 36.0 Å². The minimum absolute atomic E-state index is 0.546. The van der Waals surface area contributed by atoms with E-state index in [1.807, 2.05) is 0 Å². The SMILES string of the molecule is CCC(C)(C)CCN1CCSCC1. The smallest absolute Gasteiger partial charge is 0.00727 e. The van der Waals surface area contributed by atoms with E-state index >= 15 is 0 Å².